The van der Waals surface area contributed by atoms with Gasteiger partial charge in [-0.05, 0) is 73.0 Å². The molecule has 0 heterocycles. The van der Waals surface area contributed by atoms with Crippen molar-refractivity contribution in [1.82, 2.24) is 5.32 Å². The molecule has 1 unspecified atom stereocenters. The fourth-order valence-electron chi connectivity index (χ4n) is 2.40. The van der Waals surface area contributed by atoms with Crippen molar-refractivity contribution in [2.75, 3.05) is 7.05 Å². The third-order valence-corrected chi connectivity index (χ3v) is 4.19. The van der Waals surface area contributed by atoms with Crippen LogP contribution in [0.2, 0.25) is 0 Å². The number of likely N-dealkylation sites (N-methyl/N-ethyl adjacent to an activating group) is 1. The van der Waals surface area contributed by atoms with Crippen molar-refractivity contribution >= 4 is 22.6 Å². The molecule has 1 aliphatic carbocycles. The first-order valence-corrected chi connectivity index (χ1v) is 7.11. The van der Waals surface area contributed by atoms with E-state index in [9.17, 15) is 4.39 Å². The van der Waals surface area contributed by atoms with Crippen molar-refractivity contribution < 1.29 is 4.39 Å². The van der Waals surface area contributed by atoms with Gasteiger partial charge in [0.25, 0.3) is 0 Å². The van der Waals surface area contributed by atoms with E-state index < -0.39 is 0 Å². The van der Waals surface area contributed by atoms with E-state index in [0.717, 1.165) is 9.99 Å². The summed E-state index contributed by atoms with van der Waals surface area (Å²) in [5, 5.41) is 3.35. The first-order valence-electron chi connectivity index (χ1n) is 6.03. The predicted octanol–water partition coefficient (Wildman–Crippen LogP) is 4.19. The van der Waals surface area contributed by atoms with Crippen molar-refractivity contribution in [3.05, 3.63) is 44.8 Å². The Bertz CT molecular complexity index is 428. The van der Waals surface area contributed by atoms with E-state index in [-0.39, 0.29) is 11.9 Å². The lowest BCUT2D eigenvalue weighted by atomic mass is 9.90. The number of hydrogen-bond acceptors (Lipinski definition) is 1. The first kappa shape index (κ1) is 13.0. The summed E-state index contributed by atoms with van der Waals surface area (Å²) >= 11 is 2.21. The van der Waals surface area contributed by atoms with Crippen LogP contribution in [-0.2, 0) is 0 Å². The van der Waals surface area contributed by atoms with Gasteiger partial charge in [0.15, 0.2) is 0 Å². The van der Waals surface area contributed by atoms with Gasteiger partial charge in [0.1, 0.15) is 5.82 Å². The number of benzene rings is 1. The van der Waals surface area contributed by atoms with Gasteiger partial charge >= 0.3 is 0 Å². The second-order valence-electron chi connectivity index (χ2n) is 4.41. The van der Waals surface area contributed by atoms with E-state index in [0.29, 0.717) is 0 Å². The highest BCUT2D eigenvalue weighted by Gasteiger charge is 2.18. The molecule has 0 saturated carbocycles. The van der Waals surface area contributed by atoms with E-state index in [4.69, 9.17) is 0 Å². The Hall–Kier alpha value is -0.420. The molecule has 0 aromatic heterocycles. The van der Waals surface area contributed by atoms with Gasteiger partial charge in [-0.15, -0.1) is 0 Å². The quantitative estimate of drug-likeness (QED) is 0.640. The minimum Gasteiger partial charge on any atom is -0.310 e. The van der Waals surface area contributed by atoms with Gasteiger partial charge in [-0.3, -0.25) is 0 Å². The molecule has 2 rings (SSSR count). The van der Waals surface area contributed by atoms with Crippen LogP contribution in [0.25, 0.3) is 0 Å². The maximum Gasteiger partial charge on any atom is 0.124 e. The van der Waals surface area contributed by atoms with Crippen LogP contribution in [0.15, 0.2) is 29.8 Å². The van der Waals surface area contributed by atoms with E-state index >= 15 is 0 Å². The molecule has 1 atom stereocenters. The molecule has 0 spiro atoms. The van der Waals surface area contributed by atoms with Crippen LogP contribution in [0.4, 0.5) is 4.39 Å². The van der Waals surface area contributed by atoms with Crippen molar-refractivity contribution in [2.24, 2.45) is 0 Å². The Morgan fingerprint density at radius 3 is 2.76 bits per heavy atom. The van der Waals surface area contributed by atoms with E-state index in [1.165, 1.54) is 30.4 Å². The van der Waals surface area contributed by atoms with Gasteiger partial charge in [-0.1, -0.05) is 17.7 Å². The number of allylic oxidation sites excluding steroid dienone is 1. The molecule has 17 heavy (non-hydrogen) atoms. The summed E-state index contributed by atoms with van der Waals surface area (Å²) in [5.41, 5.74) is 2.63. The molecular formula is C14H17FIN. The van der Waals surface area contributed by atoms with Gasteiger partial charge in [0.2, 0.25) is 0 Å². The summed E-state index contributed by atoms with van der Waals surface area (Å²) in [4.78, 5) is 0. The second-order valence-corrected chi connectivity index (χ2v) is 5.57. The Morgan fingerprint density at radius 2 is 2.18 bits per heavy atom. The third kappa shape index (κ3) is 3.07. The molecule has 0 bridgehead atoms. The zero-order chi connectivity index (χ0) is 12.3. The summed E-state index contributed by atoms with van der Waals surface area (Å²) in [5.74, 6) is -0.161. The highest BCUT2D eigenvalue weighted by atomic mass is 127. The van der Waals surface area contributed by atoms with E-state index in [2.05, 4.69) is 34.0 Å². The fraction of sp³-hybridized carbons (Fsp3) is 0.429. The lowest BCUT2D eigenvalue weighted by Gasteiger charge is -2.24. The van der Waals surface area contributed by atoms with Gasteiger partial charge in [0.05, 0.1) is 6.04 Å². The lowest BCUT2D eigenvalue weighted by Crippen LogP contribution is -2.21. The topological polar surface area (TPSA) is 12.0 Å². The van der Waals surface area contributed by atoms with Gasteiger partial charge < -0.3 is 5.32 Å². The maximum absolute atomic E-state index is 13.1. The van der Waals surface area contributed by atoms with Gasteiger partial charge in [-0.25, -0.2) is 4.39 Å². The summed E-state index contributed by atoms with van der Waals surface area (Å²) in [7, 11) is 1.97. The highest BCUT2D eigenvalue weighted by Crippen LogP contribution is 2.32. The standard InChI is InChI=1S/C14H17FIN/c1-17-14(10-5-3-2-4-6-10)12-8-7-11(15)9-13(12)16/h5,7-9,14,17H,2-4,6H2,1H3. The number of nitrogens with one attached hydrogen (secondary N) is 1. The fourth-order valence-corrected chi connectivity index (χ4v) is 3.19. The Kier molecular flexibility index (Phi) is 4.56. The molecule has 0 fully saturated rings. The lowest BCUT2D eigenvalue weighted by molar-refractivity contribution is 0.587. The molecule has 0 aliphatic heterocycles. The van der Waals surface area contributed by atoms with Crippen molar-refractivity contribution in [3.63, 3.8) is 0 Å². The number of halogens is 2. The zero-order valence-corrected chi connectivity index (χ0v) is 12.1. The van der Waals surface area contributed by atoms with Crippen LogP contribution in [-0.4, -0.2) is 7.05 Å². The molecule has 3 heteroatoms. The van der Waals surface area contributed by atoms with Crippen LogP contribution in [0, 0.1) is 9.39 Å². The molecule has 1 aromatic rings. The molecule has 0 amide bonds. The largest absolute Gasteiger partial charge is 0.310 e. The summed E-state index contributed by atoms with van der Waals surface area (Å²) in [6, 6.07) is 5.28. The molecule has 1 aromatic carbocycles. The van der Waals surface area contributed by atoms with Crippen LogP contribution in [0.3, 0.4) is 0 Å². The van der Waals surface area contributed by atoms with Gasteiger partial charge in [0, 0.05) is 3.57 Å². The van der Waals surface area contributed by atoms with Crippen molar-refractivity contribution in [2.45, 2.75) is 31.7 Å². The van der Waals surface area contributed by atoms with E-state index in [1.54, 1.807) is 12.1 Å². The van der Waals surface area contributed by atoms with Gasteiger partial charge in [-0.2, -0.15) is 0 Å². The molecule has 1 N–H and O–H groups in total. The average Bonchev–Trinajstić information content (AvgIpc) is 2.34. The number of hydrogen-bond donors (Lipinski definition) is 1. The van der Waals surface area contributed by atoms with Crippen LogP contribution in [0.1, 0.15) is 37.3 Å². The smallest absolute Gasteiger partial charge is 0.124 e. The number of rotatable bonds is 3. The molecular weight excluding hydrogens is 328 g/mol. The summed E-state index contributed by atoms with van der Waals surface area (Å²) in [6.07, 6.45) is 7.22. The second kappa shape index (κ2) is 5.96. The average molecular weight is 345 g/mol. The van der Waals surface area contributed by atoms with E-state index in [1.807, 2.05) is 13.1 Å². The summed E-state index contributed by atoms with van der Waals surface area (Å²) < 4.78 is 14.1. The Labute approximate surface area is 116 Å². The zero-order valence-electron chi connectivity index (χ0n) is 9.97. The van der Waals surface area contributed by atoms with Crippen LogP contribution < -0.4 is 5.32 Å². The Morgan fingerprint density at radius 1 is 1.35 bits per heavy atom. The molecule has 0 saturated heterocycles. The first-order chi connectivity index (χ1) is 8.22. The van der Waals surface area contributed by atoms with Crippen LogP contribution in [0.5, 0.6) is 0 Å². The third-order valence-electron chi connectivity index (χ3n) is 3.26. The molecule has 92 valence electrons. The monoisotopic (exact) mass is 345 g/mol. The minimum atomic E-state index is -0.161. The predicted molar refractivity (Wildman–Crippen MR) is 77.5 cm³/mol. The SMILES string of the molecule is CNC(C1=CCCCC1)c1ccc(F)cc1I. The minimum absolute atomic E-state index is 0.161. The van der Waals surface area contributed by atoms with Crippen molar-refractivity contribution in [1.29, 1.82) is 0 Å². The maximum atomic E-state index is 13.1. The Balaban J connectivity index is 2.31. The van der Waals surface area contributed by atoms with Crippen LogP contribution >= 0.6 is 22.6 Å². The molecule has 0 radical (unpaired) electrons. The summed E-state index contributed by atoms with van der Waals surface area (Å²) in [6.45, 7) is 0. The highest BCUT2D eigenvalue weighted by molar-refractivity contribution is 14.1. The molecule has 1 nitrogen and oxygen atoms in total. The van der Waals surface area contributed by atoms with Crippen molar-refractivity contribution in [3.8, 4) is 0 Å². The molecule has 1 aliphatic rings. The normalized spacial score (nSPS) is 17.7.